The zero-order valence-electron chi connectivity index (χ0n) is 6.66. The topological polar surface area (TPSA) is 43.1 Å². The Balaban J connectivity index is 2.76. The van der Waals surface area contributed by atoms with Crippen molar-refractivity contribution < 1.29 is 9.31 Å². The molecule has 14 heavy (non-hydrogen) atoms. The van der Waals surface area contributed by atoms with E-state index in [1.54, 1.807) is 0 Å². The summed E-state index contributed by atoms with van der Waals surface area (Å²) in [5.74, 6) is -0.523. The van der Waals surface area contributed by atoms with Gasteiger partial charge in [0.1, 0.15) is 5.82 Å². The minimum Gasteiger partial charge on any atom is -0.258 e. The van der Waals surface area contributed by atoms with Gasteiger partial charge in [0.25, 0.3) is 0 Å². The van der Waals surface area contributed by atoms with Crippen LogP contribution in [0.15, 0.2) is 18.2 Å². The zero-order chi connectivity index (χ0) is 10.3. The Morgan fingerprint density at radius 2 is 2.14 bits per heavy atom. The Kier molecular flexibility index (Phi) is 2.13. The van der Waals surface area contributed by atoms with E-state index in [-0.39, 0.29) is 14.7 Å². The quantitative estimate of drug-likeness (QED) is 0.556. The normalized spacial score (nSPS) is 10.7. The van der Waals surface area contributed by atoms with Gasteiger partial charge in [0.05, 0.1) is 9.62 Å². The second kappa shape index (κ2) is 3.18. The van der Waals surface area contributed by atoms with Crippen LogP contribution in [0.25, 0.3) is 10.1 Å². The second-order valence-corrected chi connectivity index (χ2v) is 4.11. The molecule has 0 aliphatic rings. The summed E-state index contributed by atoms with van der Waals surface area (Å²) < 4.78 is 13.5. The van der Waals surface area contributed by atoms with Gasteiger partial charge in [-0.3, -0.25) is 10.1 Å². The summed E-state index contributed by atoms with van der Waals surface area (Å²) >= 11 is 6.42. The molecular formula is C8H3ClFNO2S. The summed E-state index contributed by atoms with van der Waals surface area (Å²) in [5, 5.41) is 11.0. The first-order valence-electron chi connectivity index (χ1n) is 3.61. The maximum absolute atomic E-state index is 13.2. The summed E-state index contributed by atoms with van der Waals surface area (Å²) in [5.41, 5.74) is 0. The Bertz CT molecular complexity index is 525. The molecule has 0 aliphatic heterocycles. The maximum atomic E-state index is 13.2. The van der Waals surface area contributed by atoms with Gasteiger partial charge in [0.2, 0.25) is 0 Å². The largest absolute Gasteiger partial charge is 0.325 e. The van der Waals surface area contributed by atoms with Crippen LogP contribution in [0, 0.1) is 15.9 Å². The third-order valence-corrected chi connectivity index (χ3v) is 3.03. The number of fused-ring (bicyclic) bond motifs is 1. The van der Waals surface area contributed by atoms with Gasteiger partial charge in [0, 0.05) is 16.5 Å². The molecule has 0 saturated carbocycles. The van der Waals surface area contributed by atoms with Crippen LogP contribution in [0.3, 0.4) is 0 Å². The van der Waals surface area contributed by atoms with Gasteiger partial charge in [-0.25, -0.2) is 4.39 Å². The highest BCUT2D eigenvalue weighted by Gasteiger charge is 2.14. The van der Waals surface area contributed by atoms with Gasteiger partial charge in [-0.1, -0.05) is 22.9 Å². The molecule has 1 heterocycles. The van der Waals surface area contributed by atoms with Crippen molar-refractivity contribution >= 4 is 38.0 Å². The zero-order valence-corrected chi connectivity index (χ0v) is 8.23. The Labute approximate surface area is 86.9 Å². The molecule has 0 radical (unpaired) electrons. The molecule has 2 aromatic rings. The molecule has 0 saturated heterocycles. The van der Waals surface area contributed by atoms with E-state index in [1.807, 2.05) is 0 Å². The van der Waals surface area contributed by atoms with E-state index in [1.165, 1.54) is 12.1 Å². The SMILES string of the molecule is O=[N+]([O-])c1cc2cc(Cl)cc(F)c2s1. The monoisotopic (exact) mass is 231 g/mol. The Hall–Kier alpha value is -1.20. The number of hydrogen-bond acceptors (Lipinski definition) is 3. The van der Waals surface area contributed by atoms with Crippen molar-refractivity contribution in [2.24, 2.45) is 0 Å². The van der Waals surface area contributed by atoms with Gasteiger partial charge in [-0.05, 0) is 12.1 Å². The number of nitrogens with zero attached hydrogens (tertiary/aromatic N) is 1. The Morgan fingerprint density at radius 3 is 2.79 bits per heavy atom. The predicted molar refractivity (Wildman–Crippen MR) is 53.4 cm³/mol. The number of hydrogen-bond donors (Lipinski definition) is 0. The van der Waals surface area contributed by atoms with E-state index in [0.717, 1.165) is 17.4 Å². The van der Waals surface area contributed by atoms with Crippen LogP contribution >= 0.6 is 22.9 Å². The molecule has 0 amide bonds. The van der Waals surface area contributed by atoms with Crippen molar-refractivity contribution in [3.63, 3.8) is 0 Å². The molecule has 1 aromatic carbocycles. The number of halogens is 2. The van der Waals surface area contributed by atoms with E-state index in [2.05, 4.69) is 0 Å². The molecule has 72 valence electrons. The lowest BCUT2D eigenvalue weighted by Gasteiger charge is -1.91. The molecule has 1 aromatic heterocycles. The van der Waals surface area contributed by atoms with Gasteiger partial charge < -0.3 is 0 Å². The van der Waals surface area contributed by atoms with Crippen molar-refractivity contribution in [1.29, 1.82) is 0 Å². The maximum Gasteiger partial charge on any atom is 0.325 e. The second-order valence-electron chi connectivity index (χ2n) is 2.65. The lowest BCUT2D eigenvalue weighted by molar-refractivity contribution is -0.380. The van der Waals surface area contributed by atoms with E-state index in [9.17, 15) is 14.5 Å². The first-order valence-corrected chi connectivity index (χ1v) is 4.80. The molecule has 0 N–H and O–H groups in total. The molecule has 2 rings (SSSR count). The molecule has 0 fully saturated rings. The van der Waals surface area contributed by atoms with Crippen molar-refractivity contribution in [2.75, 3.05) is 0 Å². The summed E-state index contributed by atoms with van der Waals surface area (Å²) in [7, 11) is 0. The van der Waals surface area contributed by atoms with Crippen molar-refractivity contribution in [3.05, 3.63) is 39.2 Å². The average molecular weight is 232 g/mol. The van der Waals surface area contributed by atoms with E-state index < -0.39 is 10.7 Å². The smallest absolute Gasteiger partial charge is 0.258 e. The minimum absolute atomic E-state index is 0.0823. The van der Waals surface area contributed by atoms with Crippen LogP contribution in [0.5, 0.6) is 0 Å². The fourth-order valence-electron chi connectivity index (χ4n) is 1.15. The van der Waals surface area contributed by atoms with Crippen LogP contribution in [-0.4, -0.2) is 4.92 Å². The highest BCUT2D eigenvalue weighted by Crippen LogP contribution is 2.34. The summed E-state index contributed by atoms with van der Waals surface area (Å²) in [6.45, 7) is 0. The van der Waals surface area contributed by atoms with Crippen LogP contribution in [-0.2, 0) is 0 Å². The van der Waals surface area contributed by atoms with E-state index in [4.69, 9.17) is 11.6 Å². The highest BCUT2D eigenvalue weighted by molar-refractivity contribution is 7.22. The molecule has 0 unspecified atom stereocenters. The fourth-order valence-corrected chi connectivity index (χ4v) is 2.23. The number of thiophene rings is 1. The van der Waals surface area contributed by atoms with Gasteiger partial charge in [0.15, 0.2) is 0 Å². The standard InChI is InChI=1S/C8H3ClFNO2S/c9-5-1-4-2-7(11(12)13)14-8(4)6(10)3-5/h1-3H. The van der Waals surface area contributed by atoms with Gasteiger partial charge in [-0.2, -0.15) is 0 Å². The van der Waals surface area contributed by atoms with E-state index >= 15 is 0 Å². The minimum atomic E-state index is -0.544. The van der Waals surface area contributed by atoms with Crippen molar-refractivity contribution in [2.45, 2.75) is 0 Å². The van der Waals surface area contributed by atoms with Crippen molar-refractivity contribution in [1.82, 2.24) is 0 Å². The van der Waals surface area contributed by atoms with Crippen molar-refractivity contribution in [3.8, 4) is 0 Å². The van der Waals surface area contributed by atoms with Crippen LogP contribution in [0.1, 0.15) is 0 Å². The van der Waals surface area contributed by atoms with E-state index in [0.29, 0.717) is 5.39 Å². The molecular weight excluding hydrogens is 229 g/mol. The lowest BCUT2D eigenvalue weighted by atomic mass is 10.2. The fraction of sp³-hybridized carbons (Fsp3) is 0. The number of nitro groups is 1. The van der Waals surface area contributed by atoms with Crippen LogP contribution in [0.2, 0.25) is 5.02 Å². The molecule has 0 atom stereocenters. The first kappa shape index (κ1) is 9.36. The average Bonchev–Trinajstić information content (AvgIpc) is 2.47. The van der Waals surface area contributed by atoms with Gasteiger partial charge >= 0.3 is 5.00 Å². The number of benzene rings is 1. The highest BCUT2D eigenvalue weighted by atomic mass is 35.5. The lowest BCUT2D eigenvalue weighted by Crippen LogP contribution is -1.80. The molecule has 0 aliphatic carbocycles. The predicted octanol–water partition coefficient (Wildman–Crippen LogP) is 3.60. The first-order chi connectivity index (χ1) is 6.58. The Morgan fingerprint density at radius 1 is 1.43 bits per heavy atom. The summed E-state index contributed by atoms with van der Waals surface area (Å²) in [4.78, 5) is 9.88. The third kappa shape index (κ3) is 1.44. The molecule has 0 spiro atoms. The molecule has 6 heteroatoms. The van der Waals surface area contributed by atoms with Crippen LogP contribution in [0.4, 0.5) is 9.39 Å². The molecule has 3 nitrogen and oxygen atoms in total. The number of rotatable bonds is 1. The van der Waals surface area contributed by atoms with Gasteiger partial charge in [-0.15, -0.1) is 0 Å². The molecule has 0 bridgehead atoms. The van der Waals surface area contributed by atoms with Crippen LogP contribution < -0.4 is 0 Å². The summed E-state index contributed by atoms with van der Waals surface area (Å²) in [6.07, 6.45) is 0. The summed E-state index contributed by atoms with van der Waals surface area (Å²) in [6, 6.07) is 3.96. The third-order valence-electron chi connectivity index (χ3n) is 1.70.